The van der Waals surface area contributed by atoms with Gasteiger partial charge in [0.05, 0.1) is 23.2 Å². The van der Waals surface area contributed by atoms with Crippen LogP contribution in [-0.2, 0) is 17.7 Å². The maximum Gasteiger partial charge on any atom is 0.573 e. The number of hydrogen-bond donors (Lipinski definition) is 0. The van der Waals surface area contributed by atoms with Crippen molar-refractivity contribution in [1.29, 1.82) is 0 Å². The van der Waals surface area contributed by atoms with E-state index in [1.165, 1.54) is 25.3 Å². The molecule has 13 nitrogen and oxygen atoms in total. The maximum atomic E-state index is 17.8. The van der Waals surface area contributed by atoms with Crippen molar-refractivity contribution in [1.82, 2.24) is 24.8 Å². The van der Waals surface area contributed by atoms with Gasteiger partial charge >= 0.3 is 18.2 Å². The molecule has 0 unspecified atom stereocenters. The first-order chi connectivity index (χ1) is 29.3. The third kappa shape index (κ3) is 7.01. The molecule has 5 aliphatic rings. The predicted molar refractivity (Wildman–Crippen MR) is 206 cm³/mol. The molecule has 19 heteroatoms. The molecule has 0 aliphatic carbocycles. The monoisotopic (exact) mass is 856 g/mol. The lowest BCUT2D eigenvalue weighted by Gasteiger charge is -2.48. The van der Waals surface area contributed by atoms with Crippen LogP contribution in [0.3, 0.4) is 0 Å². The number of benzene rings is 2. The summed E-state index contributed by atoms with van der Waals surface area (Å²) in [7, 11) is 1.38. The molecule has 2 aromatic carbocycles. The number of pyridine rings is 1. The van der Waals surface area contributed by atoms with Gasteiger partial charge in [-0.25, -0.2) is 22.9 Å². The number of fused-ring (bicyclic) bond motifs is 7. The molecule has 4 saturated heterocycles. The van der Waals surface area contributed by atoms with Gasteiger partial charge in [0.25, 0.3) is 0 Å². The third-order valence-corrected chi connectivity index (χ3v) is 13.2. The summed E-state index contributed by atoms with van der Waals surface area (Å²) in [5.41, 5.74) is -1.01. The minimum Gasteiger partial charge on any atom is -0.468 e. The second-order valence-electron chi connectivity index (χ2n) is 16.7. The fourth-order valence-corrected chi connectivity index (χ4v) is 10.6. The highest BCUT2D eigenvalue weighted by Crippen LogP contribution is 2.47. The Morgan fingerprint density at radius 1 is 0.984 bits per heavy atom. The minimum absolute atomic E-state index is 0.000400. The SMILES string of the molecule is COCOc1cc(-c2nc3c4c(nc(OC[C@@]56CCCN5C[C@H](F)C6)nc4c2F)N2C[C@H]4CC[C@@H]([C@H]2CCC3)N4Cc2oc(=O)oc2C)c2c(OC(F)(F)F)c(F)ccc2c1. The molecule has 0 spiro atoms. The Morgan fingerprint density at radius 2 is 1.84 bits per heavy atom. The molecule has 61 heavy (non-hydrogen) atoms. The van der Waals surface area contributed by atoms with Gasteiger partial charge < -0.3 is 32.7 Å². The molecule has 0 saturated carbocycles. The van der Waals surface area contributed by atoms with Crippen LogP contribution < -0.4 is 24.9 Å². The van der Waals surface area contributed by atoms with E-state index in [4.69, 9.17) is 33.0 Å². The molecular formula is C42H42F6N6O7. The minimum atomic E-state index is -5.29. The average Bonchev–Trinajstić information content (AvgIpc) is 3.93. The van der Waals surface area contributed by atoms with Crippen LogP contribution in [0.5, 0.6) is 17.5 Å². The molecule has 5 aromatic rings. The van der Waals surface area contributed by atoms with Crippen LogP contribution >= 0.6 is 0 Å². The molecule has 2 bridgehead atoms. The number of halogens is 6. The number of alkyl halides is 4. The topological polar surface area (TPSA) is 129 Å². The van der Waals surface area contributed by atoms with E-state index in [-0.39, 0.29) is 71.6 Å². The van der Waals surface area contributed by atoms with Crippen LogP contribution in [0.2, 0.25) is 0 Å². The summed E-state index contributed by atoms with van der Waals surface area (Å²) in [5, 5.41) is 0.00235. The Hall–Kier alpha value is -5.14. The van der Waals surface area contributed by atoms with Crippen molar-refractivity contribution in [2.75, 3.05) is 45.0 Å². The first-order valence-electron chi connectivity index (χ1n) is 20.5. The van der Waals surface area contributed by atoms with Crippen molar-refractivity contribution in [2.24, 2.45) is 0 Å². The summed E-state index contributed by atoms with van der Waals surface area (Å²) in [6.07, 6.45) is -1.23. The molecule has 8 heterocycles. The molecule has 0 amide bonds. The van der Waals surface area contributed by atoms with Crippen molar-refractivity contribution >= 4 is 27.5 Å². The maximum absolute atomic E-state index is 17.8. The number of aromatic nitrogens is 3. The lowest BCUT2D eigenvalue weighted by molar-refractivity contribution is -0.275. The summed E-state index contributed by atoms with van der Waals surface area (Å²) in [6.45, 7) is 3.36. The standard InChI is InChI=1S/C42H42F6N6O7/c1-21-31(60-40(55)59-21)18-53-24-8-10-30(53)29-6-3-5-28-33-36(50-39(51-38(33)54(29)17-24)57-19-41-11-4-12-52(41)16-23(43)15-41)34(45)35(49-28)26-14-25(58-20-56-2)13-22-7-9-27(44)37(32(22)26)61-42(46,47)48/h7,9,13-14,23-24,29-30H,3-6,8,10-12,15-20H2,1-2H3/t23-,24-,29-,30+,41+/m1/s1. The van der Waals surface area contributed by atoms with Crippen LogP contribution in [0.4, 0.5) is 32.2 Å². The second kappa shape index (κ2) is 15.0. The van der Waals surface area contributed by atoms with Gasteiger partial charge in [0.15, 0.2) is 29.9 Å². The summed E-state index contributed by atoms with van der Waals surface area (Å²) in [4.78, 5) is 33.0. The van der Waals surface area contributed by atoms with E-state index in [1.54, 1.807) is 6.92 Å². The molecule has 0 radical (unpaired) electrons. The number of aryl methyl sites for hydroxylation is 2. The van der Waals surface area contributed by atoms with Crippen LogP contribution in [0.1, 0.15) is 62.2 Å². The van der Waals surface area contributed by atoms with Crippen molar-refractivity contribution in [3.63, 3.8) is 0 Å². The summed E-state index contributed by atoms with van der Waals surface area (Å²) in [5.74, 6) is -2.88. The number of ether oxygens (including phenoxy) is 4. The van der Waals surface area contributed by atoms with Gasteiger partial charge in [-0.1, -0.05) is 6.07 Å². The van der Waals surface area contributed by atoms with Crippen molar-refractivity contribution in [3.05, 3.63) is 63.7 Å². The number of piperazine rings is 1. The molecule has 5 atom stereocenters. The average molecular weight is 857 g/mol. The summed E-state index contributed by atoms with van der Waals surface area (Å²) in [6, 6.07) is 4.44. The van der Waals surface area contributed by atoms with E-state index in [1.807, 2.05) is 0 Å². The normalized spacial score (nSPS) is 25.2. The fraction of sp³-hybridized carbons (Fsp3) is 0.524. The van der Waals surface area contributed by atoms with Crippen LogP contribution in [0.15, 0.2) is 37.9 Å². The third-order valence-electron chi connectivity index (χ3n) is 13.2. The summed E-state index contributed by atoms with van der Waals surface area (Å²) < 4.78 is 121. The number of rotatable bonds is 10. The van der Waals surface area contributed by atoms with E-state index in [0.717, 1.165) is 31.9 Å². The van der Waals surface area contributed by atoms with Crippen molar-refractivity contribution in [2.45, 2.75) is 101 Å². The number of nitrogens with zero attached hydrogens (tertiary/aromatic N) is 6. The smallest absolute Gasteiger partial charge is 0.468 e. The zero-order chi connectivity index (χ0) is 42.4. The molecule has 4 fully saturated rings. The molecule has 5 aliphatic heterocycles. The van der Waals surface area contributed by atoms with Gasteiger partial charge in [-0.05, 0) is 82.0 Å². The first-order valence-corrected chi connectivity index (χ1v) is 20.5. The Morgan fingerprint density at radius 3 is 2.62 bits per heavy atom. The zero-order valence-corrected chi connectivity index (χ0v) is 33.3. The van der Waals surface area contributed by atoms with Gasteiger partial charge in [-0.15, -0.1) is 13.2 Å². The van der Waals surface area contributed by atoms with E-state index in [2.05, 4.69) is 24.4 Å². The van der Waals surface area contributed by atoms with Crippen LogP contribution in [0, 0.1) is 18.6 Å². The molecule has 3 aromatic heterocycles. The van der Waals surface area contributed by atoms with Crippen LogP contribution in [-0.4, -0.2) is 101 Å². The van der Waals surface area contributed by atoms with Gasteiger partial charge in [-0.3, -0.25) is 9.80 Å². The fourth-order valence-electron chi connectivity index (χ4n) is 10.6. The van der Waals surface area contributed by atoms with Gasteiger partial charge in [-0.2, -0.15) is 9.97 Å². The lowest BCUT2D eigenvalue weighted by atomic mass is 9.92. The highest BCUT2D eigenvalue weighted by molar-refractivity contribution is 6.04. The Balaban J connectivity index is 1.15. The molecule has 10 rings (SSSR count). The van der Waals surface area contributed by atoms with E-state index < -0.39 is 47.0 Å². The Labute approximate surface area is 344 Å². The molecule has 324 valence electrons. The second-order valence-corrected chi connectivity index (χ2v) is 16.7. The number of anilines is 1. The highest BCUT2D eigenvalue weighted by atomic mass is 19.4. The van der Waals surface area contributed by atoms with Gasteiger partial charge in [0, 0.05) is 55.7 Å². The molecule has 0 N–H and O–H groups in total. The van der Waals surface area contributed by atoms with Gasteiger partial charge in [0.1, 0.15) is 41.3 Å². The lowest BCUT2D eigenvalue weighted by Crippen LogP contribution is -2.60. The quantitative estimate of drug-likeness (QED) is 0.103. The zero-order valence-electron chi connectivity index (χ0n) is 33.3. The van der Waals surface area contributed by atoms with Crippen molar-refractivity contribution in [3.8, 4) is 28.8 Å². The Kier molecular flexibility index (Phi) is 9.85. The van der Waals surface area contributed by atoms with Crippen LogP contribution in [0.25, 0.3) is 32.9 Å². The van der Waals surface area contributed by atoms with E-state index in [0.29, 0.717) is 73.7 Å². The first kappa shape index (κ1) is 40.0. The summed E-state index contributed by atoms with van der Waals surface area (Å²) >= 11 is 0. The largest absolute Gasteiger partial charge is 0.573 e. The highest BCUT2D eigenvalue weighted by Gasteiger charge is 2.51. The van der Waals surface area contributed by atoms with Crippen molar-refractivity contribution < 1.29 is 54.1 Å². The Bertz CT molecular complexity index is 2590. The number of hydrogen-bond acceptors (Lipinski definition) is 13. The predicted octanol–water partition coefficient (Wildman–Crippen LogP) is 7.37. The number of methoxy groups -OCH3 is 1. The van der Waals surface area contributed by atoms with E-state index >= 15 is 8.78 Å². The van der Waals surface area contributed by atoms with Gasteiger partial charge in [0.2, 0.25) is 0 Å². The molecular weight excluding hydrogens is 814 g/mol. The van der Waals surface area contributed by atoms with E-state index in [9.17, 15) is 22.4 Å².